The standard InChI is InChI=1S/C69H74N2O2S/c1-7-9-11-13-14-16-46-73-69-58(32-26-55-28-42-65(43-29-55)70(61-34-18-51(3)19-35-61)62-36-20-52(4)21-37-62)47-60(67-49-57(68(50-72)74-67)17-15-12-10-8-2)48-59(69)33-27-56-30-44-66(45-31-56)71(63-38-22-53(5)23-39-63)64-40-24-54(6)25-41-64/h18-45,47-50H,7-17,46H2,1-6H3/b32-26+,33-27+. The van der Waals surface area contributed by atoms with Crippen LogP contribution in [0.4, 0.5) is 34.1 Å². The van der Waals surface area contributed by atoms with Gasteiger partial charge in [-0.15, -0.1) is 11.3 Å². The van der Waals surface area contributed by atoms with Crippen molar-refractivity contribution in [3.05, 3.63) is 219 Å². The predicted octanol–water partition coefficient (Wildman–Crippen LogP) is 20.6. The molecule has 378 valence electrons. The van der Waals surface area contributed by atoms with Crippen LogP contribution in [-0.4, -0.2) is 12.9 Å². The third-order valence-electron chi connectivity index (χ3n) is 13.8. The minimum atomic E-state index is 0.633. The van der Waals surface area contributed by atoms with Gasteiger partial charge in [0.25, 0.3) is 0 Å². The summed E-state index contributed by atoms with van der Waals surface area (Å²) in [6, 6.07) is 59.3. The van der Waals surface area contributed by atoms with E-state index in [1.54, 1.807) is 11.3 Å². The van der Waals surface area contributed by atoms with Crippen LogP contribution in [0.3, 0.4) is 0 Å². The molecule has 7 aromatic carbocycles. The zero-order chi connectivity index (χ0) is 51.7. The van der Waals surface area contributed by atoms with Crippen LogP contribution in [0, 0.1) is 27.7 Å². The molecule has 4 nitrogen and oxygen atoms in total. The van der Waals surface area contributed by atoms with Gasteiger partial charge in [0.2, 0.25) is 0 Å². The number of aldehydes is 1. The van der Waals surface area contributed by atoms with Crippen molar-refractivity contribution in [1.29, 1.82) is 0 Å². The van der Waals surface area contributed by atoms with Gasteiger partial charge in [0.1, 0.15) is 5.75 Å². The predicted molar refractivity (Wildman–Crippen MR) is 321 cm³/mol. The third kappa shape index (κ3) is 14.3. The van der Waals surface area contributed by atoms with Crippen LogP contribution in [0.25, 0.3) is 34.7 Å². The summed E-state index contributed by atoms with van der Waals surface area (Å²) in [5.74, 6) is 0.866. The Morgan fingerprint density at radius 1 is 0.432 bits per heavy atom. The molecule has 5 heteroatoms. The molecule has 0 bridgehead atoms. The molecule has 0 saturated carbocycles. The molecule has 0 unspecified atom stereocenters. The van der Waals surface area contributed by atoms with E-state index in [4.69, 9.17) is 4.74 Å². The number of ether oxygens (including phenoxy) is 1. The first-order valence-corrected chi connectivity index (χ1v) is 27.8. The molecule has 0 aliphatic heterocycles. The largest absolute Gasteiger partial charge is 0.492 e. The maximum Gasteiger partial charge on any atom is 0.160 e. The van der Waals surface area contributed by atoms with Crippen molar-refractivity contribution in [2.45, 2.75) is 112 Å². The van der Waals surface area contributed by atoms with Crippen molar-refractivity contribution in [3.8, 4) is 16.2 Å². The number of anilines is 6. The highest BCUT2D eigenvalue weighted by Gasteiger charge is 2.17. The average Bonchev–Trinajstić information content (AvgIpc) is 3.85. The number of nitrogens with zero attached hydrogens (tertiary/aromatic N) is 2. The Morgan fingerprint density at radius 3 is 1.19 bits per heavy atom. The Morgan fingerprint density at radius 2 is 0.797 bits per heavy atom. The van der Waals surface area contributed by atoms with E-state index in [1.165, 1.54) is 67.2 Å². The fourth-order valence-corrected chi connectivity index (χ4v) is 10.4. The highest BCUT2D eigenvalue weighted by molar-refractivity contribution is 7.17. The van der Waals surface area contributed by atoms with E-state index in [9.17, 15) is 4.79 Å². The maximum absolute atomic E-state index is 12.6. The number of thiophene rings is 1. The van der Waals surface area contributed by atoms with Crippen LogP contribution < -0.4 is 14.5 Å². The van der Waals surface area contributed by atoms with E-state index in [-0.39, 0.29) is 0 Å². The van der Waals surface area contributed by atoms with E-state index in [0.29, 0.717) is 6.61 Å². The number of unbranched alkanes of at least 4 members (excludes halogenated alkanes) is 8. The second-order valence-electron chi connectivity index (χ2n) is 19.9. The summed E-state index contributed by atoms with van der Waals surface area (Å²) in [5.41, 5.74) is 18.0. The summed E-state index contributed by atoms with van der Waals surface area (Å²) in [6.07, 6.45) is 22.5. The number of carbonyl (C=O) groups excluding carboxylic acids is 1. The van der Waals surface area contributed by atoms with Crippen molar-refractivity contribution >= 4 is 76.1 Å². The van der Waals surface area contributed by atoms with E-state index < -0.39 is 0 Å². The Hall–Kier alpha value is -7.21. The summed E-state index contributed by atoms with van der Waals surface area (Å²) >= 11 is 1.60. The van der Waals surface area contributed by atoms with Crippen molar-refractivity contribution in [2.24, 2.45) is 0 Å². The molecule has 1 heterocycles. The van der Waals surface area contributed by atoms with Gasteiger partial charge in [-0.25, -0.2) is 0 Å². The topological polar surface area (TPSA) is 32.8 Å². The molecule has 0 atom stereocenters. The zero-order valence-corrected chi connectivity index (χ0v) is 45.4. The van der Waals surface area contributed by atoms with Gasteiger partial charge >= 0.3 is 0 Å². The highest BCUT2D eigenvalue weighted by Crippen LogP contribution is 2.40. The molecule has 0 amide bonds. The monoisotopic (exact) mass is 995 g/mol. The molecule has 1 aromatic heterocycles. The van der Waals surface area contributed by atoms with Crippen molar-refractivity contribution in [3.63, 3.8) is 0 Å². The number of benzene rings is 7. The second kappa shape index (κ2) is 26.7. The van der Waals surface area contributed by atoms with Gasteiger partial charge in [-0.1, -0.05) is 185 Å². The van der Waals surface area contributed by atoms with Gasteiger partial charge in [-0.3, -0.25) is 4.79 Å². The van der Waals surface area contributed by atoms with Gasteiger partial charge in [0.05, 0.1) is 11.5 Å². The minimum Gasteiger partial charge on any atom is -0.492 e. The van der Waals surface area contributed by atoms with Gasteiger partial charge in [-0.05, 0) is 160 Å². The van der Waals surface area contributed by atoms with Crippen LogP contribution >= 0.6 is 11.3 Å². The molecule has 0 spiro atoms. The van der Waals surface area contributed by atoms with E-state index in [2.05, 4.69) is 239 Å². The fourth-order valence-electron chi connectivity index (χ4n) is 9.42. The van der Waals surface area contributed by atoms with Crippen LogP contribution in [0.15, 0.2) is 164 Å². The first-order chi connectivity index (χ1) is 36.2. The van der Waals surface area contributed by atoms with E-state index in [1.807, 2.05) is 0 Å². The normalized spacial score (nSPS) is 11.4. The first kappa shape index (κ1) is 53.1. The Labute approximate surface area is 446 Å². The number of rotatable bonds is 25. The molecule has 0 N–H and O–H groups in total. The Bertz CT molecular complexity index is 2810. The van der Waals surface area contributed by atoms with Crippen molar-refractivity contribution in [2.75, 3.05) is 16.4 Å². The molecular weight excluding hydrogens is 921 g/mol. The first-order valence-electron chi connectivity index (χ1n) is 27.0. The third-order valence-corrected chi connectivity index (χ3v) is 15.0. The van der Waals surface area contributed by atoms with Crippen molar-refractivity contribution in [1.82, 2.24) is 0 Å². The minimum absolute atomic E-state index is 0.633. The van der Waals surface area contributed by atoms with Gasteiger partial charge in [0.15, 0.2) is 6.29 Å². The molecule has 0 aliphatic carbocycles. The van der Waals surface area contributed by atoms with Gasteiger partial charge in [0, 0.05) is 50.1 Å². The van der Waals surface area contributed by atoms with E-state index in [0.717, 1.165) is 115 Å². The average molecular weight is 995 g/mol. The molecular formula is C69H74N2O2S. The van der Waals surface area contributed by atoms with Crippen LogP contribution in [0.2, 0.25) is 0 Å². The molecule has 0 fully saturated rings. The Balaban J connectivity index is 1.17. The van der Waals surface area contributed by atoms with Crippen LogP contribution in [-0.2, 0) is 6.42 Å². The number of hydrogen-bond acceptors (Lipinski definition) is 5. The lowest BCUT2D eigenvalue weighted by Gasteiger charge is -2.26. The van der Waals surface area contributed by atoms with Crippen LogP contribution in [0.1, 0.15) is 138 Å². The Kier molecular flexibility index (Phi) is 19.1. The SMILES string of the molecule is CCCCCCCCOc1c(/C=C/c2ccc(N(c3ccc(C)cc3)c3ccc(C)cc3)cc2)cc(-c2cc(CCCCCC)c(C=O)s2)cc1/C=C/c1ccc(N(c2ccc(C)cc2)c2ccc(C)cc2)cc1. The lowest BCUT2D eigenvalue weighted by atomic mass is 9.99. The summed E-state index contributed by atoms with van der Waals surface area (Å²) < 4.78 is 6.93. The molecule has 74 heavy (non-hydrogen) atoms. The summed E-state index contributed by atoms with van der Waals surface area (Å²) in [4.78, 5) is 19.1. The summed E-state index contributed by atoms with van der Waals surface area (Å²) in [6.45, 7) is 13.6. The molecule has 8 rings (SSSR count). The maximum atomic E-state index is 12.6. The van der Waals surface area contributed by atoms with Crippen LogP contribution in [0.5, 0.6) is 5.75 Å². The van der Waals surface area contributed by atoms with Gasteiger partial charge in [-0.2, -0.15) is 0 Å². The molecule has 0 radical (unpaired) electrons. The smallest absolute Gasteiger partial charge is 0.160 e. The highest BCUT2D eigenvalue weighted by atomic mass is 32.1. The molecule has 8 aromatic rings. The fraction of sp³-hybridized carbons (Fsp3) is 0.261. The molecule has 0 aliphatic rings. The summed E-state index contributed by atoms with van der Waals surface area (Å²) in [7, 11) is 0. The summed E-state index contributed by atoms with van der Waals surface area (Å²) in [5, 5.41) is 0. The zero-order valence-electron chi connectivity index (χ0n) is 44.6. The van der Waals surface area contributed by atoms with Crippen molar-refractivity contribution < 1.29 is 9.53 Å². The number of aryl methyl sites for hydroxylation is 5. The van der Waals surface area contributed by atoms with E-state index >= 15 is 0 Å². The van der Waals surface area contributed by atoms with Gasteiger partial charge < -0.3 is 14.5 Å². The lowest BCUT2D eigenvalue weighted by molar-refractivity contribution is 0.112. The molecule has 0 saturated heterocycles. The number of carbonyl (C=O) groups is 1. The quantitative estimate of drug-likeness (QED) is 0.0324. The number of hydrogen-bond donors (Lipinski definition) is 0. The lowest BCUT2D eigenvalue weighted by Crippen LogP contribution is -2.09. The second-order valence-corrected chi connectivity index (χ2v) is 21.0.